The summed E-state index contributed by atoms with van der Waals surface area (Å²) in [6.45, 7) is 2.11. The molecule has 1 saturated heterocycles. The smallest absolute Gasteiger partial charge is 0.244 e. The molecular formula is C17H22N2O. The van der Waals surface area contributed by atoms with Gasteiger partial charge in [0.05, 0.1) is 0 Å². The molecule has 1 atom stereocenters. The standard InChI is InChI=1S/C17H22N2O/c1-12-6-8-13(9-7-12)15-18-17(10-11-17)16(20)19(15)14-4-2-3-5-14/h6-9,14-15,18H,2-5,10-11H2,1H3. The average Bonchev–Trinajstić information content (AvgIpc) is 2.91. The lowest BCUT2D eigenvalue weighted by Crippen LogP contribution is -2.39. The fraction of sp³-hybridized carbons (Fsp3) is 0.588. The molecule has 20 heavy (non-hydrogen) atoms. The second kappa shape index (κ2) is 4.32. The van der Waals surface area contributed by atoms with Crippen molar-refractivity contribution >= 4 is 5.91 Å². The van der Waals surface area contributed by atoms with Gasteiger partial charge in [-0.3, -0.25) is 10.1 Å². The van der Waals surface area contributed by atoms with Crippen molar-refractivity contribution in [3.8, 4) is 0 Å². The third-order valence-corrected chi connectivity index (χ3v) is 5.20. The third kappa shape index (κ3) is 1.80. The van der Waals surface area contributed by atoms with Crippen LogP contribution in [-0.4, -0.2) is 22.4 Å². The van der Waals surface area contributed by atoms with Crippen LogP contribution < -0.4 is 5.32 Å². The van der Waals surface area contributed by atoms with Crippen LogP contribution in [0.5, 0.6) is 0 Å². The summed E-state index contributed by atoms with van der Waals surface area (Å²) in [5.74, 6) is 0.356. The van der Waals surface area contributed by atoms with E-state index in [1.807, 2.05) is 0 Å². The Labute approximate surface area is 120 Å². The van der Waals surface area contributed by atoms with Crippen LogP contribution in [0.25, 0.3) is 0 Å². The monoisotopic (exact) mass is 270 g/mol. The van der Waals surface area contributed by atoms with E-state index in [9.17, 15) is 4.79 Å². The average molecular weight is 270 g/mol. The molecule has 106 valence electrons. The van der Waals surface area contributed by atoms with Gasteiger partial charge >= 0.3 is 0 Å². The Morgan fingerprint density at radius 2 is 1.80 bits per heavy atom. The quantitative estimate of drug-likeness (QED) is 0.896. The Morgan fingerprint density at radius 3 is 2.40 bits per heavy atom. The molecule has 0 aromatic heterocycles. The Kier molecular flexibility index (Phi) is 2.68. The maximum Gasteiger partial charge on any atom is 0.244 e. The molecule has 3 heteroatoms. The van der Waals surface area contributed by atoms with E-state index in [0.29, 0.717) is 11.9 Å². The molecule has 3 aliphatic rings. The second-order valence-corrected chi connectivity index (χ2v) is 6.69. The van der Waals surface area contributed by atoms with Crippen molar-refractivity contribution in [2.24, 2.45) is 0 Å². The predicted molar refractivity (Wildman–Crippen MR) is 78.1 cm³/mol. The van der Waals surface area contributed by atoms with E-state index in [2.05, 4.69) is 41.4 Å². The number of amides is 1. The minimum atomic E-state index is -0.210. The molecule has 1 heterocycles. The summed E-state index contributed by atoms with van der Waals surface area (Å²) in [4.78, 5) is 15.0. The molecule has 1 aromatic carbocycles. The largest absolute Gasteiger partial charge is 0.318 e. The van der Waals surface area contributed by atoms with Gasteiger partial charge in [-0.15, -0.1) is 0 Å². The van der Waals surface area contributed by atoms with Crippen LogP contribution in [0.15, 0.2) is 24.3 Å². The van der Waals surface area contributed by atoms with Crippen molar-refractivity contribution in [1.82, 2.24) is 10.2 Å². The van der Waals surface area contributed by atoms with Gasteiger partial charge in [0, 0.05) is 6.04 Å². The van der Waals surface area contributed by atoms with E-state index < -0.39 is 0 Å². The van der Waals surface area contributed by atoms with Gasteiger partial charge < -0.3 is 4.90 Å². The SMILES string of the molecule is Cc1ccc(C2NC3(CC3)C(=O)N2C2CCCC2)cc1. The lowest BCUT2D eigenvalue weighted by Gasteiger charge is -2.30. The molecule has 1 aromatic rings. The molecule has 1 aliphatic heterocycles. The zero-order valence-electron chi connectivity index (χ0n) is 12.1. The lowest BCUT2D eigenvalue weighted by atomic mass is 10.1. The highest BCUT2D eigenvalue weighted by Crippen LogP contribution is 2.48. The van der Waals surface area contributed by atoms with Gasteiger partial charge in [0.1, 0.15) is 11.7 Å². The first-order valence-corrected chi connectivity index (χ1v) is 7.87. The van der Waals surface area contributed by atoms with E-state index >= 15 is 0 Å². The normalized spacial score (nSPS) is 28.6. The van der Waals surface area contributed by atoms with Crippen LogP contribution in [0.1, 0.15) is 55.8 Å². The molecule has 0 radical (unpaired) electrons. The molecule has 1 amide bonds. The number of hydrogen-bond acceptors (Lipinski definition) is 2. The summed E-state index contributed by atoms with van der Waals surface area (Å²) in [6, 6.07) is 9.08. The summed E-state index contributed by atoms with van der Waals surface area (Å²) in [5, 5.41) is 3.63. The van der Waals surface area contributed by atoms with E-state index in [0.717, 1.165) is 12.8 Å². The van der Waals surface area contributed by atoms with Crippen molar-refractivity contribution < 1.29 is 4.79 Å². The van der Waals surface area contributed by atoms with Crippen LogP contribution in [0.3, 0.4) is 0 Å². The topological polar surface area (TPSA) is 32.3 Å². The maximum absolute atomic E-state index is 12.8. The molecule has 2 saturated carbocycles. The van der Waals surface area contributed by atoms with Gasteiger partial charge in [0.2, 0.25) is 5.91 Å². The van der Waals surface area contributed by atoms with Crippen LogP contribution in [0.4, 0.5) is 0 Å². The number of aryl methyl sites for hydroxylation is 1. The van der Waals surface area contributed by atoms with Crippen LogP contribution in [-0.2, 0) is 4.79 Å². The Bertz CT molecular complexity index is 526. The maximum atomic E-state index is 12.8. The van der Waals surface area contributed by atoms with Gasteiger partial charge in [-0.1, -0.05) is 42.7 Å². The number of nitrogens with zero attached hydrogens (tertiary/aromatic N) is 1. The number of nitrogens with one attached hydrogen (secondary N) is 1. The number of rotatable bonds is 2. The predicted octanol–water partition coefficient (Wildman–Crippen LogP) is 2.90. The van der Waals surface area contributed by atoms with E-state index in [-0.39, 0.29) is 11.7 Å². The van der Waals surface area contributed by atoms with Crippen molar-refractivity contribution in [2.45, 2.75) is 63.2 Å². The molecule has 1 N–H and O–H groups in total. The molecule has 1 unspecified atom stereocenters. The second-order valence-electron chi connectivity index (χ2n) is 6.69. The van der Waals surface area contributed by atoms with Gasteiger partial charge in [-0.05, 0) is 38.2 Å². The summed E-state index contributed by atoms with van der Waals surface area (Å²) < 4.78 is 0. The summed E-state index contributed by atoms with van der Waals surface area (Å²) in [7, 11) is 0. The van der Waals surface area contributed by atoms with Crippen LogP contribution in [0, 0.1) is 6.92 Å². The molecule has 4 rings (SSSR count). The first-order chi connectivity index (χ1) is 9.70. The van der Waals surface area contributed by atoms with Crippen LogP contribution >= 0.6 is 0 Å². The highest BCUT2D eigenvalue weighted by Gasteiger charge is 2.60. The molecule has 2 aliphatic carbocycles. The van der Waals surface area contributed by atoms with Gasteiger partial charge in [-0.2, -0.15) is 0 Å². The summed E-state index contributed by atoms with van der Waals surface area (Å²) in [6.07, 6.45) is 6.99. The van der Waals surface area contributed by atoms with Gasteiger partial charge in [0.15, 0.2) is 0 Å². The summed E-state index contributed by atoms with van der Waals surface area (Å²) >= 11 is 0. The minimum absolute atomic E-state index is 0.0914. The highest BCUT2D eigenvalue weighted by molar-refractivity contribution is 5.92. The van der Waals surface area contributed by atoms with Crippen LogP contribution in [0.2, 0.25) is 0 Å². The molecule has 3 nitrogen and oxygen atoms in total. The molecule has 1 spiro atoms. The number of carbonyl (C=O) groups excluding carboxylic acids is 1. The fourth-order valence-corrected chi connectivity index (χ4v) is 3.79. The lowest BCUT2D eigenvalue weighted by molar-refractivity contribution is -0.133. The molecular weight excluding hydrogens is 248 g/mol. The van der Waals surface area contributed by atoms with Gasteiger partial charge in [-0.25, -0.2) is 0 Å². The van der Waals surface area contributed by atoms with Crippen molar-refractivity contribution in [3.05, 3.63) is 35.4 Å². The van der Waals surface area contributed by atoms with E-state index in [1.165, 1.54) is 36.8 Å². The van der Waals surface area contributed by atoms with Gasteiger partial charge in [0.25, 0.3) is 0 Å². The number of carbonyl (C=O) groups is 1. The molecule has 0 bridgehead atoms. The zero-order valence-corrected chi connectivity index (χ0v) is 12.1. The summed E-state index contributed by atoms with van der Waals surface area (Å²) in [5.41, 5.74) is 2.30. The van der Waals surface area contributed by atoms with Crippen molar-refractivity contribution in [2.75, 3.05) is 0 Å². The third-order valence-electron chi connectivity index (χ3n) is 5.20. The fourth-order valence-electron chi connectivity index (χ4n) is 3.79. The van der Waals surface area contributed by atoms with E-state index in [1.54, 1.807) is 0 Å². The van der Waals surface area contributed by atoms with Crippen molar-refractivity contribution in [1.29, 1.82) is 0 Å². The Morgan fingerprint density at radius 1 is 1.15 bits per heavy atom. The minimum Gasteiger partial charge on any atom is -0.318 e. The Hall–Kier alpha value is -1.35. The highest BCUT2D eigenvalue weighted by atomic mass is 16.2. The first-order valence-electron chi connectivity index (χ1n) is 7.87. The number of hydrogen-bond donors (Lipinski definition) is 1. The van der Waals surface area contributed by atoms with Crippen molar-refractivity contribution in [3.63, 3.8) is 0 Å². The Balaban J connectivity index is 1.68. The zero-order chi connectivity index (χ0) is 13.7. The van der Waals surface area contributed by atoms with E-state index in [4.69, 9.17) is 0 Å². The molecule has 3 fully saturated rings. The first kappa shape index (κ1) is 12.4. The number of benzene rings is 1.